The van der Waals surface area contributed by atoms with Gasteiger partial charge in [0.2, 0.25) is 0 Å². The summed E-state index contributed by atoms with van der Waals surface area (Å²) in [5.74, 6) is 1.53. The highest BCUT2D eigenvalue weighted by Crippen LogP contribution is 2.35. The largest absolute Gasteiger partial charge is 0.492 e. The Morgan fingerprint density at radius 1 is 1.32 bits per heavy atom. The number of rotatable bonds is 4. The molecule has 4 rings (SSSR count). The second-order valence-electron chi connectivity index (χ2n) is 6.94. The van der Waals surface area contributed by atoms with Gasteiger partial charge < -0.3 is 4.74 Å². The molecule has 3 aromatic rings. The minimum absolute atomic E-state index is 0.0737. The lowest BCUT2D eigenvalue weighted by Crippen LogP contribution is -2.24. The zero-order valence-corrected chi connectivity index (χ0v) is 15.4. The highest BCUT2D eigenvalue weighted by molar-refractivity contribution is 7.18. The van der Waals surface area contributed by atoms with Crippen LogP contribution in [0.3, 0.4) is 0 Å². The van der Waals surface area contributed by atoms with Crippen LogP contribution in [0.15, 0.2) is 35.4 Å². The van der Waals surface area contributed by atoms with Gasteiger partial charge in [0.25, 0.3) is 5.56 Å². The molecule has 5 heteroatoms. The first-order valence-electron chi connectivity index (χ1n) is 8.81. The van der Waals surface area contributed by atoms with Gasteiger partial charge in [0.05, 0.1) is 18.3 Å². The predicted octanol–water partition coefficient (Wildman–Crippen LogP) is 3.97. The first-order valence-corrected chi connectivity index (χ1v) is 9.62. The van der Waals surface area contributed by atoms with Crippen LogP contribution in [-0.4, -0.2) is 16.2 Å². The lowest BCUT2D eigenvalue weighted by atomic mass is 9.89. The average Bonchev–Trinajstić information content (AvgIpc) is 2.97. The second kappa shape index (κ2) is 6.64. The van der Waals surface area contributed by atoms with Gasteiger partial charge in [0.1, 0.15) is 17.2 Å². The third kappa shape index (κ3) is 3.21. The van der Waals surface area contributed by atoms with Gasteiger partial charge in [0, 0.05) is 4.88 Å². The molecule has 0 radical (unpaired) electrons. The molecule has 0 saturated heterocycles. The molecule has 0 fully saturated rings. The fraction of sp³-hybridized carbons (Fsp3) is 0.400. The maximum absolute atomic E-state index is 12.9. The maximum atomic E-state index is 12.9. The average molecular weight is 354 g/mol. The van der Waals surface area contributed by atoms with E-state index in [0.29, 0.717) is 19.1 Å². The van der Waals surface area contributed by atoms with Crippen LogP contribution in [0.1, 0.15) is 29.3 Å². The van der Waals surface area contributed by atoms with Crippen molar-refractivity contribution in [3.8, 4) is 5.75 Å². The number of thiophene rings is 1. The quantitative estimate of drug-likeness (QED) is 0.712. The summed E-state index contributed by atoms with van der Waals surface area (Å²) in [4.78, 5) is 19.7. The molecule has 1 atom stereocenters. The smallest absolute Gasteiger partial charge is 0.262 e. The van der Waals surface area contributed by atoms with Crippen molar-refractivity contribution in [3.05, 3.63) is 57.0 Å². The van der Waals surface area contributed by atoms with Crippen LogP contribution in [0.5, 0.6) is 5.75 Å². The Hall–Kier alpha value is -2.14. The standard InChI is InChI=1S/C20H22N2O2S/c1-13-3-6-15(7-4-13)24-10-9-22-12-21-19-18(20(22)23)16-8-5-14(2)11-17(16)25-19/h3-4,6-7,12,14H,5,8-11H2,1-2H3/t14-/m1/s1. The van der Waals surface area contributed by atoms with Gasteiger partial charge in [0.15, 0.2) is 0 Å². The summed E-state index contributed by atoms with van der Waals surface area (Å²) in [7, 11) is 0. The number of hydrogen-bond donors (Lipinski definition) is 0. The monoisotopic (exact) mass is 354 g/mol. The van der Waals surface area contributed by atoms with E-state index in [1.807, 2.05) is 31.2 Å². The third-order valence-corrected chi connectivity index (χ3v) is 6.07. The number of ether oxygens (including phenoxy) is 1. The van der Waals surface area contributed by atoms with Crippen LogP contribution in [0, 0.1) is 12.8 Å². The molecule has 2 heterocycles. The Kier molecular flexibility index (Phi) is 4.34. The normalized spacial score (nSPS) is 16.8. The molecule has 0 saturated carbocycles. The van der Waals surface area contributed by atoms with Crippen LogP contribution >= 0.6 is 11.3 Å². The summed E-state index contributed by atoms with van der Waals surface area (Å²) >= 11 is 1.69. The fourth-order valence-corrected chi connectivity index (χ4v) is 4.76. The summed E-state index contributed by atoms with van der Waals surface area (Å²) < 4.78 is 7.44. The topological polar surface area (TPSA) is 44.1 Å². The molecule has 1 aliphatic rings. The molecule has 2 aromatic heterocycles. The van der Waals surface area contributed by atoms with Crippen molar-refractivity contribution in [1.29, 1.82) is 0 Å². The number of fused-ring (bicyclic) bond motifs is 3. The van der Waals surface area contributed by atoms with Crippen molar-refractivity contribution in [1.82, 2.24) is 9.55 Å². The van der Waals surface area contributed by atoms with E-state index in [9.17, 15) is 4.79 Å². The van der Waals surface area contributed by atoms with Crippen molar-refractivity contribution in [3.63, 3.8) is 0 Å². The molecule has 1 aromatic carbocycles. The van der Waals surface area contributed by atoms with E-state index in [0.717, 1.165) is 35.2 Å². The van der Waals surface area contributed by atoms with E-state index in [-0.39, 0.29) is 5.56 Å². The molecule has 0 unspecified atom stereocenters. The third-order valence-electron chi connectivity index (χ3n) is 4.90. The van der Waals surface area contributed by atoms with Crippen LogP contribution in [0.4, 0.5) is 0 Å². The minimum atomic E-state index is 0.0737. The van der Waals surface area contributed by atoms with Crippen LogP contribution in [0.2, 0.25) is 0 Å². The van der Waals surface area contributed by atoms with Gasteiger partial charge >= 0.3 is 0 Å². The summed E-state index contributed by atoms with van der Waals surface area (Å²) in [6, 6.07) is 7.95. The zero-order chi connectivity index (χ0) is 17.4. The van der Waals surface area contributed by atoms with E-state index in [1.165, 1.54) is 16.0 Å². The van der Waals surface area contributed by atoms with Gasteiger partial charge in [-0.3, -0.25) is 9.36 Å². The predicted molar refractivity (Wildman–Crippen MR) is 102 cm³/mol. The fourth-order valence-electron chi connectivity index (χ4n) is 3.42. The Labute approximate surface area is 151 Å². The molecule has 0 spiro atoms. The summed E-state index contributed by atoms with van der Waals surface area (Å²) in [6.45, 7) is 5.30. The molecule has 25 heavy (non-hydrogen) atoms. The van der Waals surface area contributed by atoms with Crippen molar-refractivity contribution >= 4 is 21.6 Å². The summed E-state index contributed by atoms with van der Waals surface area (Å²) in [5.41, 5.74) is 2.52. The second-order valence-corrected chi connectivity index (χ2v) is 8.02. The molecule has 0 bridgehead atoms. The number of benzene rings is 1. The molecule has 0 amide bonds. The number of hydrogen-bond acceptors (Lipinski definition) is 4. The highest BCUT2D eigenvalue weighted by Gasteiger charge is 2.23. The molecule has 1 aliphatic carbocycles. The lowest BCUT2D eigenvalue weighted by Gasteiger charge is -2.17. The van der Waals surface area contributed by atoms with Gasteiger partial charge in [-0.25, -0.2) is 4.98 Å². The van der Waals surface area contributed by atoms with Gasteiger partial charge in [-0.2, -0.15) is 0 Å². The zero-order valence-electron chi connectivity index (χ0n) is 14.6. The SMILES string of the molecule is Cc1ccc(OCCn2cnc3sc4c(c3c2=O)CC[C@@H](C)C4)cc1. The van der Waals surface area contributed by atoms with Crippen molar-refractivity contribution in [2.75, 3.05) is 6.61 Å². The molecule has 0 N–H and O–H groups in total. The van der Waals surface area contributed by atoms with E-state index in [1.54, 1.807) is 22.2 Å². The van der Waals surface area contributed by atoms with E-state index in [4.69, 9.17) is 4.74 Å². The summed E-state index contributed by atoms with van der Waals surface area (Å²) in [5, 5.41) is 0.838. The number of nitrogens with zero attached hydrogens (tertiary/aromatic N) is 2. The molecular weight excluding hydrogens is 332 g/mol. The highest BCUT2D eigenvalue weighted by atomic mass is 32.1. The molecule has 130 valence electrons. The van der Waals surface area contributed by atoms with Crippen molar-refractivity contribution in [2.45, 2.75) is 39.7 Å². The van der Waals surface area contributed by atoms with E-state index in [2.05, 4.69) is 11.9 Å². The lowest BCUT2D eigenvalue weighted by molar-refractivity contribution is 0.296. The van der Waals surface area contributed by atoms with Gasteiger partial charge in [-0.1, -0.05) is 24.6 Å². The van der Waals surface area contributed by atoms with Gasteiger partial charge in [-0.15, -0.1) is 11.3 Å². The first kappa shape index (κ1) is 16.3. The van der Waals surface area contributed by atoms with Crippen LogP contribution in [-0.2, 0) is 19.4 Å². The van der Waals surface area contributed by atoms with E-state index < -0.39 is 0 Å². The molecule has 4 nitrogen and oxygen atoms in total. The molecular formula is C20H22N2O2S. The van der Waals surface area contributed by atoms with Crippen LogP contribution in [0.25, 0.3) is 10.2 Å². The van der Waals surface area contributed by atoms with Crippen LogP contribution < -0.4 is 10.3 Å². The minimum Gasteiger partial charge on any atom is -0.492 e. The Balaban J connectivity index is 1.55. The number of aryl methyl sites for hydroxylation is 2. The Morgan fingerprint density at radius 2 is 2.12 bits per heavy atom. The van der Waals surface area contributed by atoms with E-state index >= 15 is 0 Å². The molecule has 0 aliphatic heterocycles. The maximum Gasteiger partial charge on any atom is 0.262 e. The van der Waals surface area contributed by atoms with Crippen molar-refractivity contribution < 1.29 is 4.74 Å². The summed E-state index contributed by atoms with van der Waals surface area (Å²) in [6.07, 6.45) is 4.89. The van der Waals surface area contributed by atoms with Gasteiger partial charge in [-0.05, 0) is 49.8 Å². The Bertz CT molecular complexity index is 956. The Morgan fingerprint density at radius 3 is 2.92 bits per heavy atom. The van der Waals surface area contributed by atoms with Crippen molar-refractivity contribution in [2.24, 2.45) is 5.92 Å². The number of aromatic nitrogens is 2. The first-order chi connectivity index (χ1) is 12.1.